The van der Waals surface area contributed by atoms with E-state index in [1.165, 1.54) is 26.1 Å². The monoisotopic (exact) mass is 221 g/mol. The van der Waals surface area contributed by atoms with Gasteiger partial charge in [0.25, 0.3) is 0 Å². The lowest BCUT2D eigenvalue weighted by Crippen LogP contribution is -2.19. The molecule has 1 aromatic rings. The molecule has 0 saturated heterocycles. The second-order valence-electron chi connectivity index (χ2n) is 4.05. The van der Waals surface area contributed by atoms with Crippen LogP contribution in [0.1, 0.15) is 30.3 Å². The minimum absolute atomic E-state index is 0.232. The van der Waals surface area contributed by atoms with E-state index >= 15 is 0 Å². The van der Waals surface area contributed by atoms with Crippen molar-refractivity contribution in [1.82, 2.24) is 9.97 Å². The van der Waals surface area contributed by atoms with Gasteiger partial charge in [-0.3, -0.25) is 4.98 Å². The normalized spacial score (nSPS) is 16.6. The molecule has 5 nitrogen and oxygen atoms in total. The molecule has 1 unspecified atom stereocenters. The molecule has 1 heterocycles. The highest BCUT2D eigenvalue weighted by molar-refractivity contribution is 5.87. The molecule has 1 N–H and O–H groups in total. The number of hydrogen-bond donors (Lipinski definition) is 1. The van der Waals surface area contributed by atoms with Crippen LogP contribution in [0.3, 0.4) is 0 Å². The number of ether oxygens (including phenoxy) is 1. The summed E-state index contributed by atoms with van der Waals surface area (Å²) in [7, 11) is 1.33. The number of hydrogen-bond acceptors (Lipinski definition) is 5. The van der Waals surface area contributed by atoms with Crippen LogP contribution in [0.25, 0.3) is 0 Å². The SMILES string of the molecule is COC(=O)c1cncc(NC(C)C2CC2)n1. The van der Waals surface area contributed by atoms with E-state index in [1.54, 1.807) is 6.20 Å². The fourth-order valence-corrected chi connectivity index (χ4v) is 1.59. The Hall–Kier alpha value is -1.65. The highest BCUT2D eigenvalue weighted by Gasteiger charge is 2.28. The molecule has 0 aliphatic heterocycles. The fraction of sp³-hybridized carbons (Fsp3) is 0.545. The second kappa shape index (κ2) is 4.47. The first-order chi connectivity index (χ1) is 7.70. The Bertz CT molecular complexity index is 391. The third-order valence-corrected chi connectivity index (χ3v) is 2.73. The zero-order chi connectivity index (χ0) is 11.5. The summed E-state index contributed by atoms with van der Waals surface area (Å²) in [6, 6.07) is 0.377. The molecule has 0 amide bonds. The summed E-state index contributed by atoms with van der Waals surface area (Å²) >= 11 is 0. The maximum atomic E-state index is 11.2. The molecule has 1 fully saturated rings. The maximum Gasteiger partial charge on any atom is 0.358 e. The van der Waals surface area contributed by atoms with Crippen molar-refractivity contribution in [3.8, 4) is 0 Å². The highest BCUT2D eigenvalue weighted by Crippen LogP contribution is 2.33. The third-order valence-electron chi connectivity index (χ3n) is 2.73. The van der Waals surface area contributed by atoms with Gasteiger partial charge < -0.3 is 10.1 Å². The Balaban J connectivity index is 2.06. The number of anilines is 1. The van der Waals surface area contributed by atoms with E-state index in [9.17, 15) is 4.79 Å². The Morgan fingerprint density at radius 1 is 1.56 bits per heavy atom. The van der Waals surface area contributed by atoms with E-state index in [2.05, 4.69) is 26.9 Å². The number of methoxy groups -OCH3 is 1. The fourth-order valence-electron chi connectivity index (χ4n) is 1.59. The first kappa shape index (κ1) is 10.9. The smallest absolute Gasteiger partial charge is 0.358 e. The maximum absolute atomic E-state index is 11.2. The van der Waals surface area contributed by atoms with Gasteiger partial charge in [-0.15, -0.1) is 0 Å². The first-order valence-corrected chi connectivity index (χ1v) is 5.37. The largest absolute Gasteiger partial charge is 0.464 e. The van der Waals surface area contributed by atoms with Gasteiger partial charge in [-0.25, -0.2) is 9.78 Å². The van der Waals surface area contributed by atoms with E-state index in [1.807, 2.05) is 0 Å². The van der Waals surface area contributed by atoms with Crippen LogP contribution in [0.2, 0.25) is 0 Å². The molecule has 0 bridgehead atoms. The molecule has 2 rings (SSSR count). The van der Waals surface area contributed by atoms with Crippen molar-refractivity contribution in [1.29, 1.82) is 0 Å². The number of aromatic nitrogens is 2. The van der Waals surface area contributed by atoms with Crippen LogP contribution in [0.15, 0.2) is 12.4 Å². The first-order valence-electron chi connectivity index (χ1n) is 5.37. The minimum Gasteiger partial charge on any atom is -0.464 e. The quantitative estimate of drug-likeness (QED) is 0.780. The minimum atomic E-state index is -0.463. The van der Waals surface area contributed by atoms with Crippen LogP contribution < -0.4 is 5.32 Å². The van der Waals surface area contributed by atoms with Crippen LogP contribution in [-0.2, 0) is 4.74 Å². The highest BCUT2D eigenvalue weighted by atomic mass is 16.5. The molecule has 0 aromatic carbocycles. The average Bonchev–Trinajstić information content (AvgIpc) is 3.12. The van der Waals surface area contributed by atoms with Gasteiger partial charge in [-0.2, -0.15) is 0 Å². The van der Waals surface area contributed by atoms with Crippen molar-refractivity contribution in [2.75, 3.05) is 12.4 Å². The van der Waals surface area contributed by atoms with Gasteiger partial charge in [0.1, 0.15) is 5.82 Å². The van der Waals surface area contributed by atoms with Crippen molar-refractivity contribution in [3.63, 3.8) is 0 Å². The molecular formula is C11H15N3O2. The molecule has 1 atom stereocenters. The van der Waals surface area contributed by atoms with E-state index in [0.29, 0.717) is 11.9 Å². The van der Waals surface area contributed by atoms with Gasteiger partial charge in [0.15, 0.2) is 5.69 Å². The average molecular weight is 221 g/mol. The van der Waals surface area contributed by atoms with E-state index < -0.39 is 5.97 Å². The van der Waals surface area contributed by atoms with Crippen molar-refractivity contribution in [3.05, 3.63) is 18.1 Å². The summed E-state index contributed by atoms with van der Waals surface area (Å²) in [5.74, 6) is 0.890. The van der Waals surface area contributed by atoms with Crippen LogP contribution in [0.5, 0.6) is 0 Å². The number of rotatable bonds is 4. The Morgan fingerprint density at radius 2 is 2.31 bits per heavy atom. The van der Waals surface area contributed by atoms with Crippen molar-refractivity contribution >= 4 is 11.8 Å². The van der Waals surface area contributed by atoms with E-state index in [0.717, 1.165) is 5.92 Å². The molecule has 0 radical (unpaired) electrons. The van der Waals surface area contributed by atoms with Gasteiger partial charge in [0.2, 0.25) is 0 Å². The molecule has 0 spiro atoms. The number of nitrogens with one attached hydrogen (secondary N) is 1. The van der Waals surface area contributed by atoms with Gasteiger partial charge in [0.05, 0.1) is 19.5 Å². The molecule has 1 aromatic heterocycles. The third kappa shape index (κ3) is 2.48. The van der Waals surface area contributed by atoms with Crippen LogP contribution in [-0.4, -0.2) is 29.1 Å². The van der Waals surface area contributed by atoms with E-state index in [4.69, 9.17) is 0 Å². The van der Waals surface area contributed by atoms with Crippen molar-refractivity contribution in [2.24, 2.45) is 5.92 Å². The van der Waals surface area contributed by atoms with Crippen molar-refractivity contribution in [2.45, 2.75) is 25.8 Å². The zero-order valence-corrected chi connectivity index (χ0v) is 9.43. The van der Waals surface area contributed by atoms with Crippen LogP contribution in [0.4, 0.5) is 5.82 Å². The summed E-state index contributed by atoms with van der Waals surface area (Å²) in [5.41, 5.74) is 0.232. The summed E-state index contributed by atoms with van der Waals surface area (Å²) in [6.07, 6.45) is 5.54. The molecule has 86 valence electrons. The number of carbonyl (C=O) groups is 1. The molecule has 5 heteroatoms. The number of carbonyl (C=O) groups excluding carboxylic acids is 1. The summed E-state index contributed by atoms with van der Waals surface area (Å²) < 4.78 is 4.59. The lowest BCUT2D eigenvalue weighted by atomic mass is 10.2. The van der Waals surface area contributed by atoms with Gasteiger partial charge in [-0.05, 0) is 25.7 Å². The molecule has 1 aliphatic rings. The predicted molar refractivity (Wildman–Crippen MR) is 59.2 cm³/mol. The van der Waals surface area contributed by atoms with E-state index in [-0.39, 0.29) is 5.69 Å². The standard InChI is InChI=1S/C11H15N3O2/c1-7(8-3-4-8)13-10-6-12-5-9(14-10)11(15)16-2/h5-8H,3-4H2,1-2H3,(H,13,14). The summed E-state index contributed by atoms with van der Waals surface area (Å²) in [4.78, 5) is 19.4. The van der Waals surface area contributed by atoms with Crippen LogP contribution in [0, 0.1) is 5.92 Å². The lowest BCUT2D eigenvalue weighted by molar-refractivity contribution is 0.0593. The number of nitrogens with zero attached hydrogens (tertiary/aromatic N) is 2. The zero-order valence-electron chi connectivity index (χ0n) is 9.43. The second-order valence-corrected chi connectivity index (χ2v) is 4.05. The Morgan fingerprint density at radius 3 is 2.94 bits per heavy atom. The lowest BCUT2D eigenvalue weighted by Gasteiger charge is -2.13. The van der Waals surface area contributed by atoms with Crippen molar-refractivity contribution < 1.29 is 9.53 Å². The Labute approximate surface area is 94.2 Å². The van der Waals surface area contributed by atoms with Gasteiger partial charge in [0, 0.05) is 6.04 Å². The van der Waals surface area contributed by atoms with Crippen LogP contribution >= 0.6 is 0 Å². The molecule has 1 aliphatic carbocycles. The van der Waals surface area contributed by atoms with Gasteiger partial charge >= 0.3 is 5.97 Å². The van der Waals surface area contributed by atoms with Gasteiger partial charge in [-0.1, -0.05) is 0 Å². The molecule has 16 heavy (non-hydrogen) atoms. The summed E-state index contributed by atoms with van der Waals surface area (Å²) in [5, 5.41) is 3.24. The molecular weight excluding hydrogens is 206 g/mol. The predicted octanol–water partition coefficient (Wildman–Crippen LogP) is 1.47. The topological polar surface area (TPSA) is 64.1 Å². The molecule has 1 saturated carbocycles. The summed E-state index contributed by atoms with van der Waals surface area (Å²) in [6.45, 7) is 2.12. The number of esters is 1. The Kier molecular flexibility index (Phi) is 3.03.